The minimum absolute atomic E-state index is 0.998. The molecule has 0 fully saturated rings. The number of allylic oxidation sites excluding steroid dienone is 1. The second-order valence-corrected chi connectivity index (χ2v) is 1.82. The van der Waals surface area contributed by atoms with Crippen molar-refractivity contribution in [2.75, 3.05) is 14.1 Å². The van der Waals surface area contributed by atoms with E-state index < -0.39 is 0 Å². The van der Waals surface area contributed by atoms with Gasteiger partial charge >= 0.3 is 0 Å². The fourth-order valence-electron chi connectivity index (χ4n) is 0.728. The largest absolute Gasteiger partial charge is 0.374 e. The van der Waals surface area contributed by atoms with Gasteiger partial charge in [-0.2, -0.15) is 5.10 Å². The van der Waals surface area contributed by atoms with Crippen molar-refractivity contribution in [3.05, 3.63) is 11.9 Å². The van der Waals surface area contributed by atoms with Gasteiger partial charge in [0.05, 0.1) is 0 Å². The Balaban J connectivity index is 4.03. The van der Waals surface area contributed by atoms with Crippen molar-refractivity contribution in [3.63, 3.8) is 0 Å². The molecule has 10 heavy (non-hydrogen) atoms. The van der Waals surface area contributed by atoms with E-state index in [0.717, 1.165) is 5.82 Å². The van der Waals surface area contributed by atoms with E-state index in [1.807, 2.05) is 34.0 Å². The molecule has 0 aromatic carbocycles. The topological polar surface area (TPSA) is 27.6 Å². The lowest BCUT2D eigenvalue weighted by atomic mass is 10.6. The Morgan fingerprint density at radius 2 is 2.10 bits per heavy atom. The fourth-order valence-corrected chi connectivity index (χ4v) is 0.728. The van der Waals surface area contributed by atoms with Crippen LogP contribution in [-0.4, -0.2) is 25.3 Å². The molecular formula is C7H15N3. The third-order valence-electron chi connectivity index (χ3n) is 1.17. The first-order chi connectivity index (χ1) is 4.76. The first kappa shape index (κ1) is 9.01. The van der Waals surface area contributed by atoms with Crippen LogP contribution in [0.25, 0.3) is 0 Å². The monoisotopic (exact) mass is 141 g/mol. The van der Waals surface area contributed by atoms with Gasteiger partial charge in [0.2, 0.25) is 0 Å². The normalized spacial score (nSPS) is 12.2. The molecule has 0 aromatic heterocycles. The number of hydrogen-bond acceptors (Lipinski definition) is 3. The first-order valence-electron chi connectivity index (χ1n) is 3.32. The Morgan fingerprint density at radius 1 is 1.50 bits per heavy atom. The highest BCUT2D eigenvalue weighted by Gasteiger charge is 1.94. The maximum Gasteiger partial charge on any atom is 0.117 e. The molecule has 0 heterocycles. The van der Waals surface area contributed by atoms with Crippen molar-refractivity contribution in [2.24, 2.45) is 5.10 Å². The molecule has 0 bridgehead atoms. The lowest BCUT2D eigenvalue weighted by Gasteiger charge is -2.15. The van der Waals surface area contributed by atoms with Crippen LogP contribution in [0.15, 0.2) is 17.0 Å². The molecule has 0 saturated heterocycles. The molecule has 0 atom stereocenters. The SMILES string of the molecule is C/C=N\N(C)/C(=C\C)NC. The van der Waals surface area contributed by atoms with Gasteiger partial charge in [-0.1, -0.05) is 0 Å². The third-order valence-corrected chi connectivity index (χ3v) is 1.17. The Morgan fingerprint density at radius 3 is 2.40 bits per heavy atom. The summed E-state index contributed by atoms with van der Waals surface area (Å²) in [6, 6.07) is 0. The zero-order valence-corrected chi connectivity index (χ0v) is 7.05. The van der Waals surface area contributed by atoms with Gasteiger partial charge in [-0.25, -0.2) is 0 Å². The quantitative estimate of drug-likeness (QED) is 0.469. The summed E-state index contributed by atoms with van der Waals surface area (Å²) in [6.07, 6.45) is 3.72. The minimum Gasteiger partial charge on any atom is -0.374 e. The molecule has 0 unspecified atom stereocenters. The zero-order valence-electron chi connectivity index (χ0n) is 7.05. The van der Waals surface area contributed by atoms with Gasteiger partial charge in [0, 0.05) is 20.3 Å². The molecule has 0 amide bonds. The van der Waals surface area contributed by atoms with Crippen LogP contribution in [0.2, 0.25) is 0 Å². The van der Waals surface area contributed by atoms with Crippen LogP contribution in [0.4, 0.5) is 0 Å². The van der Waals surface area contributed by atoms with E-state index in [1.165, 1.54) is 0 Å². The highest BCUT2D eigenvalue weighted by atomic mass is 15.5. The smallest absolute Gasteiger partial charge is 0.117 e. The maximum absolute atomic E-state index is 4.04. The molecule has 0 radical (unpaired) electrons. The third kappa shape index (κ3) is 2.53. The van der Waals surface area contributed by atoms with Crippen molar-refractivity contribution in [2.45, 2.75) is 13.8 Å². The summed E-state index contributed by atoms with van der Waals surface area (Å²) in [4.78, 5) is 0. The van der Waals surface area contributed by atoms with Crippen LogP contribution in [0.3, 0.4) is 0 Å². The van der Waals surface area contributed by atoms with Gasteiger partial charge in [-0.05, 0) is 19.9 Å². The molecule has 0 aromatic rings. The van der Waals surface area contributed by atoms with E-state index in [9.17, 15) is 0 Å². The van der Waals surface area contributed by atoms with E-state index in [4.69, 9.17) is 0 Å². The molecule has 58 valence electrons. The summed E-state index contributed by atoms with van der Waals surface area (Å²) in [7, 11) is 3.77. The van der Waals surface area contributed by atoms with Crippen molar-refractivity contribution in [3.8, 4) is 0 Å². The summed E-state index contributed by atoms with van der Waals surface area (Å²) < 4.78 is 0. The number of rotatable bonds is 3. The van der Waals surface area contributed by atoms with E-state index in [1.54, 1.807) is 11.2 Å². The van der Waals surface area contributed by atoms with E-state index >= 15 is 0 Å². The lowest BCUT2D eigenvalue weighted by Crippen LogP contribution is -2.21. The Hall–Kier alpha value is -0.990. The lowest BCUT2D eigenvalue weighted by molar-refractivity contribution is 0.418. The predicted molar refractivity (Wildman–Crippen MR) is 44.7 cm³/mol. The van der Waals surface area contributed by atoms with Crippen LogP contribution < -0.4 is 5.32 Å². The Bertz CT molecular complexity index is 138. The highest BCUT2D eigenvalue weighted by Crippen LogP contribution is 1.94. The van der Waals surface area contributed by atoms with Gasteiger partial charge in [0.25, 0.3) is 0 Å². The van der Waals surface area contributed by atoms with E-state index in [-0.39, 0.29) is 0 Å². The Kier molecular flexibility index (Phi) is 4.37. The molecule has 0 aliphatic rings. The highest BCUT2D eigenvalue weighted by molar-refractivity contribution is 5.52. The number of nitrogens with one attached hydrogen (secondary N) is 1. The van der Waals surface area contributed by atoms with Gasteiger partial charge in [0.15, 0.2) is 0 Å². The van der Waals surface area contributed by atoms with Crippen molar-refractivity contribution >= 4 is 6.21 Å². The minimum atomic E-state index is 0.998. The average molecular weight is 141 g/mol. The van der Waals surface area contributed by atoms with Crippen molar-refractivity contribution < 1.29 is 0 Å². The maximum atomic E-state index is 4.04. The van der Waals surface area contributed by atoms with Crippen LogP contribution in [0.5, 0.6) is 0 Å². The number of nitrogens with zero attached hydrogens (tertiary/aromatic N) is 2. The summed E-state index contributed by atoms with van der Waals surface area (Å²) in [5.74, 6) is 0.998. The van der Waals surface area contributed by atoms with Gasteiger partial charge < -0.3 is 5.32 Å². The summed E-state index contributed by atoms with van der Waals surface area (Å²) in [6.45, 7) is 3.85. The van der Waals surface area contributed by atoms with Crippen LogP contribution >= 0.6 is 0 Å². The second kappa shape index (κ2) is 4.85. The van der Waals surface area contributed by atoms with E-state index in [0.29, 0.717) is 0 Å². The average Bonchev–Trinajstić information content (AvgIpc) is 1.91. The Labute approximate surface area is 62.4 Å². The van der Waals surface area contributed by atoms with Gasteiger partial charge in [-0.3, -0.25) is 5.01 Å². The zero-order chi connectivity index (χ0) is 7.98. The molecule has 0 saturated carbocycles. The first-order valence-corrected chi connectivity index (χ1v) is 3.32. The van der Waals surface area contributed by atoms with E-state index in [2.05, 4.69) is 10.4 Å². The summed E-state index contributed by atoms with van der Waals surface area (Å²) in [5.41, 5.74) is 0. The van der Waals surface area contributed by atoms with Crippen molar-refractivity contribution in [1.82, 2.24) is 10.3 Å². The van der Waals surface area contributed by atoms with Gasteiger partial charge in [-0.15, -0.1) is 0 Å². The molecular weight excluding hydrogens is 126 g/mol. The molecule has 1 N–H and O–H groups in total. The van der Waals surface area contributed by atoms with Gasteiger partial charge in [0.1, 0.15) is 5.82 Å². The number of hydrogen-bond donors (Lipinski definition) is 1. The fraction of sp³-hybridized carbons (Fsp3) is 0.571. The second-order valence-electron chi connectivity index (χ2n) is 1.82. The molecule has 0 rings (SSSR count). The molecule has 0 spiro atoms. The molecule has 0 aliphatic heterocycles. The standard InChI is InChI=1S/C7H15N3/c1-5-7(8-3)10(4)9-6-2/h5-6,8H,1-4H3/b7-5-,9-6-. The molecule has 3 heteroatoms. The van der Waals surface area contributed by atoms with Crippen LogP contribution in [0.1, 0.15) is 13.8 Å². The molecule has 3 nitrogen and oxygen atoms in total. The molecule has 0 aliphatic carbocycles. The van der Waals surface area contributed by atoms with Crippen molar-refractivity contribution in [1.29, 1.82) is 0 Å². The van der Waals surface area contributed by atoms with Crippen LogP contribution in [0, 0.1) is 0 Å². The number of hydrazone groups is 1. The predicted octanol–water partition coefficient (Wildman–Crippen LogP) is 1.00. The summed E-state index contributed by atoms with van der Waals surface area (Å²) >= 11 is 0. The summed E-state index contributed by atoms with van der Waals surface area (Å²) in [5, 5.41) is 8.83. The van der Waals surface area contributed by atoms with Crippen LogP contribution in [-0.2, 0) is 0 Å².